The summed E-state index contributed by atoms with van der Waals surface area (Å²) in [7, 11) is 0. The van der Waals surface area contributed by atoms with Crippen LogP contribution in [-0.2, 0) is 0 Å². The summed E-state index contributed by atoms with van der Waals surface area (Å²) in [5, 5.41) is 11.0. The van der Waals surface area contributed by atoms with E-state index >= 15 is 0 Å². The van der Waals surface area contributed by atoms with Crippen LogP contribution in [0.4, 0.5) is 18.0 Å². The maximum Gasteiger partial charge on any atom is 0.407 e. The molecule has 0 aliphatic carbocycles. The molecule has 0 spiro atoms. The number of carboxylic acid groups (broad SMARTS) is 1. The highest BCUT2D eigenvalue weighted by atomic mass is 19.4. The second kappa shape index (κ2) is 4.69. The lowest BCUT2D eigenvalue weighted by Gasteiger charge is -2.30. The maximum atomic E-state index is 11.8. The van der Waals surface area contributed by atoms with Crippen LogP contribution in [0.2, 0.25) is 0 Å². The first kappa shape index (κ1) is 12.1. The van der Waals surface area contributed by atoms with Crippen molar-refractivity contribution in [2.45, 2.75) is 25.1 Å². The Labute approximate surface area is 85.1 Å². The molecule has 1 rings (SSSR count). The average Bonchev–Trinajstić information content (AvgIpc) is 2.14. The zero-order chi connectivity index (χ0) is 11.5. The molecule has 0 aromatic rings. The van der Waals surface area contributed by atoms with E-state index in [0.29, 0.717) is 25.9 Å². The average molecular weight is 226 g/mol. The maximum absolute atomic E-state index is 11.8. The summed E-state index contributed by atoms with van der Waals surface area (Å²) in [6.07, 6.45) is -4.35. The van der Waals surface area contributed by atoms with Crippen LogP contribution in [0.3, 0.4) is 0 Å². The summed E-state index contributed by atoms with van der Waals surface area (Å²) in [5.74, 6) is 0. The predicted molar refractivity (Wildman–Crippen MR) is 46.7 cm³/mol. The third-order valence-electron chi connectivity index (χ3n) is 2.36. The molecule has 1 amide bonds. The van der Waals surface area contributed by atoms with Crippen molar-refractivity contribution in [3.8, 4) is 0 Å². The van der Waals surface area contributed by atoms with E-state index in [9.17, 15) is 18.0 Å². The van der Waals surface area contributed by atoms with Gasteiger partial charge in [0.05, 0.1) is 6.54 Å². The molecule has 0 atom stereocenters. The number of nitrogens with zero attached hydrogens (tertiary/aromatic N) is 1. The van der Waals surface area contributed by atoms with Crippen molar-refractivity contribution in [1.29, 1.82) is 0 Å². The first-order valence-electron chi connectivity index (χ1n) is 4.66. The lowest BCUT2D eigenvalue weighted by Crippen LogP contribution is -2.46. The molecule has 0 aromatic heterocycles. The van der Waals surface area contributed by atoms with Gasteiger partial charge in [-0.1, -0.05) is 0 Å². The van der Waals surface area contributed by atoms with E-state index in [1.54, 1.807) is 0 Å². The van der Waals surface area contributed by atoms with E-state index < -0.39 is 18.8 Å². The Kier molecular flexibility index (Phi) is 3.78. The topological polar surface area (TPSA) is 52.6 Å². The molecule has 88 valence electrons. The summed E-state index contributed by atoms with van der Waals surface area (Å²) in [6, 6.07) is -0.234. The van der Waals surface area contributed by atoms with E-state index in [2.05, 4.69) is 5.32 Å². The van der Waals surface area contributed by atoms with Crippen molar-refractivity contribution in [2.75, 3.05) is 19.6 Å². The minimum atomic E-state index is -4.20. The number of amides is 1. The number of alkyl halides is 3. The second-order valence-electron chi connectivity index (χ2n) is 3.54. The van der Waals surface area contributed by atoms with Crippen molar-refractivity contribution in [1.82, 2.24) is 10.2 Å². The monoisotopic (exact) mass is 226 g/mol. The Balaban J connectivity index is 2.23. The molecule has 0 aromatic carbocycles. The third kappa shape index (κ3) is 4.37. The van der Waals surface area contributed by atoms with E-state index in [-0.39, 0.29) is 6.04 Å². The Morgan fingerprint density at radius 1 is 1.40 bits per heavy atom. The number of likely N-dealkylation sites (tertiary alicyclic amines) is 1. The number of piperidine rings is 1. The molecule has 4 nitrogen and oxygen atoms in total. The van der Waals surface area contributed by atoms with E-state index in [4.69, 9.17) is 5.11 Å². The van der Waals surface area contributed by atoms with Crippen LogP contribution >= 0.6 is 0 Å². The van der Waals surface area contributed by atoms with Gasteiger partial charge in [-0.2, -0.15) is 13.2 Å². The van der Waals surface area contributed by atoms with Gasteiger partial charge in [0.25, 0.3) is 0 Å². The minimum absolute atomic E-state index is 0.234. The van der Waals surface area contributed by atoms with Gasteiger partial charge in [0.1, 0.15) is 0 Å². The molecular weight excluding hydrogens is 213 g/mol. The number of nitrogens with one attached hydrogen (secondary N) is 1. The first-order valence-corrected chi connectivity index (χ1v) is 4.66. The summed E-state index contributed by atoms with van der Waals surface area (Å²) < 4.78 is 35.5. The normalized spacial score (nSPS) is 19.3. The van der Waals surface area contributed by atoms with Crippen LogP contribution in [0, 0.1) is 0 Å². The van der Waals surface area contributed by atoms with Gasteiger partial charge < -0.3 is 15.3 Å². The molecule has 0 saturated carbocycles. The lowest BCUT2D eigenvalue weighted by molar-refractivity contribution is -0.126. The van der Waals surface area contributed by atoms with Gasteiger partial charge in [-0.3, -0.25) is 0 Å². The number of hydrogen-bond donors (Lipinski definition) is 2. The molecule has 0 unspecified atom stereocenters. The van der Waals surface area contributed by atoms with Gasteiger partial charge in [-0.15, -0.1) is 0 Å². The van der Waals surface area contributed by atoms with Gasteiger partial charge in [0, 0.05) is 19.1 Å². The number of rotatable bonds is 2. The zero-order valence-electron chi connectivity index (χ0n) is 8.05. The number of carbonyl (C=O) groups is 1. The van der Waals surface area contributed by atoms with Crippen LogP contribution in [0.25, 0.3) is 0 Å². The Bertz CT molecular complexity index is 224. The zero-order valence-corrected chi connectivity index (χ0v) is 8.05. The fourth-order valence-electron chi connectivity index (χ4n) is 1.53. The molecule has 0 radical (unpaired) electrons. The van der Waals surface area contributed by atoms with Crippen molar-refractivity contribution >= 4 is 6.09 Å². The molecule has 1 heterocycles. The smallest absolute Gasteiger partial charge is 0.407 e. The first-order chi connectivity index (χ1) is 6.88. The van der Waals surface area contributed by atoms with Crippen LogP contribution in [0.5, 0.6) is 0 Å². The number of hydrogen-bond acceptors (Lipinski definition) is 2. The summed E-state index contributed by atoms with van der Waals surface area (Å²) in [4.78, 5) is 11.7. The molecule has 1 aliphatic heterocycles. The predicted octanol–water partition coefficient (Wildman–Crippen LogP) is 1.28. The van der Waals surface area contributed by atoms with E-state index in [1.807, 2.05) is 0 Å². The van der Waals surface area contributed by atoms with Gasteiger partial charge in [-0.25, -0.2) is 4.79 Å². The van der Waals surface area contributed by atoms with Crippen molar-refractivity contribution in [3.63, 3.8) is 0 Å². The summed E-state index contributed by atoms with van der Waals surface area (Å²) >= 11 is 0. The highest BCUT2D eigenvalue weighted by Gasteiger charge is 2.29. The Morgan fingerprint density at radius 2 is 1.93 bits per heavy atom. The summed E-state index contributed by atoms with van der Waals surface area (Å²) in [6.45, 7) is -0.416. The second-order valence-corrected chi connectivity index (χ2v) is 3.54. The lowest BCUT2D eigenvalue weighted by atomic mass is 10.1. The van der Waals surface area contributed by atoms with Gasteiger partial charge in [0.2, 0.25) is 0 Å². The third-order valence-corrected chi connectivity index (χ3v) is 2.36. The highest BCUT2D eigenvalue weighted by Crippen LogP contribution is 2.15. The van der Waals surface area contributed by atoms with Crippen LogP contribution in [0.1, 0.15) is 12.8 Å². The van der Waals surface area contributed by atoms with E-state index in [1.165, 1.54) is 4.90 Å². The fourth-order valence-corrected chi connectivity index (χ4v) is 1.53. The molecule has 1 fully saturated rings. The minimum Gasteiger partial charge on any atom is -0.465 e. The van der Waals surface area contributed by atoms with Crippen molar-refractivity contribution < 1.29 is 23.1 Å². The fraction of sp³-hybridized carbons (Fsp3) is 0.875. The van der Waals surface area contributed by atoms with Crippen molar-refractivity contribution in [3.05, 3.63) is 0 Å². The largest absolute Gasteiger partial charge is 0.465 e. The van der Waals surface area contributed by atoms with Gasteiger partial charge in [0.15, 0.2) is 0 Å². The van der Waals surface area contributed by atoms with Crippen molar-refractivity contribution in [2.24, 2.45) is 0 Å². The van der Waals surface area contributed by atoms with E-state index in [0.717, 1.165) is 0 Å². The Morgan fingerprint density at radius 3 is 2.33 bits per heavy atom. The quantitative estimate of drug-likeness (QED) is 0.745. The molecule has 2 N–H and O–H groups in total. The van der Waals surface area contributed by atoms with Gasteiger partial charge in [-0.05, 0) is 12.8 Å². The SMILES string of the molecule is O=C(O)N1CCC(NCC(F)(F)F)CC1. The molecular formula is C8H13F3N2O2. The molecule has 1 saturated heterocycles. The Hall–Kier alpha value is -0.980. The van der Waals surface area contributed by atoms with Crippen LogP contribution in [0.15, 0.2) is 0 Å². The molecule has 7 heteroatoms. The standard InChI is InChI=1S/C8H13F3N2O2/c9-8(10,11)5-12-6-1-3-13(4-2-6)7(14)15/h6,12H,1-5H2,(H,14,15). The van der Waals surface area contributed by atoms with Crippen LogP contribution < -0.4 is 5.32 Å². The summed E-state index contributed by atoms with van der Waals surface area (Å²) in [5.41, 5.74) is 0. The number of halogens is 3. The molecule has 15 heavy (non-hydrogen) atoms. The van der Waals surface area contributed by atoms with Crippen LogP contribution in [-0.4, -0.2) is 48.0 Å². The molecule has 1 aliphatic rings. The highest BCUT2D eigenvalue weighted by molar-refractivity contribution is 5.65. The molecule has 0 bridgehead atoms. The van der Waals surface area contributed by atoms with Gasteiger partial charge >= 0.3 is 12.3 Å².